The van der Waals surface area contributed by atoms with Crippen LogP contribution >= 0.6 is 0 Å². The Morgan fingerprint density at radius 1 is 1.11 bits per heavy atom. The van der Waals surface area contributed by atoms with E-state index in [2.05, 4.69) is 17.6 Å². The van der Waals surface area contributed by atoms with E-state index >= 15 is 0 Å². The molecule has 1 unspecified atom stereocenters. The Morgan fingerprint density at radius 2 is 1.78 bits per heavy atom. The summed E-state index contributed by atoms with van der Waals surface area (Å²) >= 11 is 0. The molecule has 1 heterocycles. The zero-order valence-corrected chi connectivity index (χ0v) is 16.8. The number of esters is 1. The van der Waals surface area contributed by atoms with Crippen LogP contribution in [0, 0.1) is 0 Å². The molecule has 0 aromatic heterocycles. The molecule has 0 aliphatic carbocycles. The predicted molar refractivity (Wildman–Crippen MR) is 104 cm³/mol. The highest BCUT2D eigenvalue weighted by Crippen LogP contribution is 2.31. The van der Waals surface area contributed by atoms with Gasteiger partial charge < -0.3 is 20.1 Å². The van der Waals surface area contributed by atoms with Gasteiger partial charge in [0.25, 0.3) is 0 Å². The first kappa shape index (κ1) is 20.8. The van der Waals surface area contributed by atoms with E-state index in [9.17, 15) is 9.59 Å². The molecule has 2 rings (SSSR count). The summed E-state index contributed by atoms with van der Waals surface area (Å²) in [6, 6.07) is 6.57. The Hall–Kier alpha value is -2.50. The molecule has 6 heteroatoms. The van der Waals surface area contributed by atoms with Crippen LogP contribution in [0.3, 0.4) is 0 Å². The summed E-state index contributed by atoms with van der Waals surface area (Å²) in [5, 5.41) is 5.65. The van der Waals surface area contributed by atoms with E-state index in [1.54, 1.807) is 0 Å². The number of hydrogen-bond acceptors (Lipinski definition) is 4. The highest BCUT2D eigenvalue weighted by molar-refractivity contribution is 5.95. The standard InChI is InChI=1S/C21H30N2O4/c1-6-7-8-17-18(20(24)27-14(4)5)19(23-21(25)22-17)15-9-11-16(12-10-15)26-13(2)3/h9-14,19H,6-8H2,1-5H3,(H2,22,23,25). The molecule has 0 fully saturated rings. The van der Waals surface area contributed by atoms with Crippen LogP contribution in [0.1, 0.15) is 65.5 Å². The number of unbranched alkanes of at least 4 members (excludes halogenated alkanes) is 1. The number of urea groups is 1. The van der Waals surface area contributed by atoms with Crippen molar-refractivity contribution in [1.82, 2.24) is 10.6 Å². The molecule has 2 amide bonds. The van der Waals surface area contributed by atoms with Crippen LogP contribution in [0.25, 0.3) is 0 Å². The quantitative estimate of drug-likeness (QED) is 0.668. The van der Waals surface area contributed by atoms with E-state index in [-0.39, 0.29) is 18.2 Å². The van der Waals surface area contributed by atoms with Gasteiger partial charge in [0.2, 0.25) is 0 Å². The molecule has 0 saturated heterocycles. The van der Waals surface area contributed by atoms with Crippen LogP contribution in [-0.4, -0.2) is 24.2 Å². The molecular weight excluding hydrogens is 344 g/mol. The Labute approximate surface area is 161 Å². The first-order valence-electron chi connectivity index (χ1n) is 9.60. The molecule has 148 valence electrons. The van der Waals surface area contributed by atoms with E-state index in [1.807, 2.05) is 52.0 Å². The molecule has 0 saturated carbocycles. The number of carbonyl (C=O) groups excluding carboxylic acids is 2. The van der Waals surface area contributed by atoms with E-state index in [0.29, 0.717) is 17.7 Å². The summed E-state index contributed by atoms with van der Waals surface area (Å²) in [6.07, 6.45) is 2.30. The molecule has 1 aliphatic heterocycles. The highest BCUT2D eigenvalue weighted by atomic mass is 16.5. The summed E-state index contributed by atoms with van der Waals surface area (Å²) in [5.41, 5.74) is 1.92. The molecule has 2 N–H and O–H groups in total. The highest BCUT2D eigenvalue weighted by Gasteiger charge is 2.33. The average Bonchev–Trinajstić information content (AvgIpc) is 2.58. The smallest absolute Gasteiger partial charge is 0.338 e. The fraction of sp³-hybridized carbons (Fsp3) is 0.524. The van der Waals surface area contributed by atoms with E-state index < -0.39 is 12.0 Å². The van der Waals surface area contributed by atoms with E-state index in [4.69, 9.17) is 9.47 Å². The number of nitrogens with one attached hydrogen (secondary N) is 2. The Kier molecular flexibility index (Phi) is 7.28. The maximum atomic E-state index is 12.8. The van der Waals surface area contributed by atoms with Crippen molar-refractivity contribution in [3.63, 3.8) is 0 Å². The maximum Gasteiger partial charge on any atom is 0.338 e. The third-order valence-corrected chi connectivity index (χ3v) is 4.08. The molecular formula is C21H30N2O4. The van der Waals surface area contributed by atoms with Crippen LogP contribution in [0.2, 0.25) is 0 Å². The third-order valence-electron chi connectivity index (χ3n) is 4.08. The minimum absolute atomic E-state index is 0.0755. The number of amides is 2. The fourth-order valence-electron chi connectivity index (χ4n) is 2.95. The minimum Gasteiger partial charge on any atom is -0.491 e. The second kappa shape index (κ2) is 9.44. The van der Waals surface area contributed by atoms with Gasteiger partial charge >= 0.3 is 12.0 Å². The number of carbonyl (C=O) groups is 2. The van der Waals surface area contributed by atoms with Gasteiger partial charge in [-0.3, -0.25) is 0 Å². The van der Waals surface area contributed by atoms with Crippen molar-refractivity contribution in [3.8, 4) is 5.75 Å². The largest absolute Gasteiger partial charge is 0.491 e. The predicted octanol–water partition coefficient (Wildman–Crippen LogP) is 4.22. The summed E-state index contributed by atoms with van der Waals surface area (Å²) in [5.74, 6) is 0.339. The zero-order valence-electron chi connectivity index (χ0n) is 16.8. The lowest BCUT2D eigenvalue weighted by Gasteiger charge is -2.30. The molecule has 1 aromatic rings. The van der Waals surface area contributed by atoms with Gasteiger partial charge in [0.1, 0.15) is 5.75 Å². The first-order valence-corrected chi connectivity index (χ1v) is 9.60. The number of rotatable bonds is 8. The van der Waals surface area contributed by atoms with Crippen LogP contribution in [-0.2, 0) is 9.53 Å². The Balaban J connectivity index is 2.40. The average molecular weight is 374 g/mol. The third kappa shape index (κ3) is 5.74. The molecule has 0 bridgehead atoms. The normalized spacial score (nSPS) is 17.0. The van der Waals surface area contributed by atoms with Gasteiger partial charge in [-0.05, 0) is 58.2 Å². The van der Waals surface area contributed by atoms with Crippen molar-refractivity contribution < 1.29 is 19.1 Å². The monoisotopic (exact) mass is 374 g/mol. The van der Waals surface area contributed by atoms with Gasteiger partial charge in [0.15, 0.2) is 0 Å². The van der Waals surface area contributed by atoms with Crippen LogP contribution in [0.5, 0.6) is 5.75 Å². The van der Waals surface area contributed by atoms with Crippen molar-refractivity contribution in [3.05, 3.63) is 41.1 Å². The van der Waals surface area contributed by atoms with Crippen LogP contribution in [0.4, 0.5) is 4.79 Å². The van der Waals surface area contributed by atoms with Gasteiger partial charge in [0.05, 0.1) is 23.8 Å². The number of allylic oxidation sites excluding steroid dienone is 1. The lowest BCUT2D eigenvalue weighted by atomic mass is 9.93. The second-order valence-electron chi connectivity index (χ2n) is 7.22. The van der Waals surface area contributed by atoms with Gasteiger partial charge in [-0.25, -0.2) is 9.59 Å². The van der Waals surface area contributed by atoms with E-state index in [1.165, 1.54) is 0 Å². The van der Waals surface area contributed by atoms with Gasteiger partial charge in [-0.2, -0.15) is 0 Å². The maximum absolute atomic E-state index is 12.8. The molecule has 27 heavy (non-hydrogen) atoms. The van der Waals surface area contributed by atoms with Crippen LogP contribution < -0.4 is 15.4 Å². The van der Waals surface area contributed by atoms with Crippen molar-refractivity contribution in [2.24, 2.45) is 0 Å². The lowest BCUT2D eigenvalue weighted by molar-refractivity contribution is -0.143. The molecule has 6 nitrogen and oxygen atoms in total. The second-order valence-corrected chi connectivity index (χ2v) is 7.22. The fourth-order valence-corrected chi connectivity index (χ4v) is 2.95. The molecule has 1 aliphatic rings. The van der Waals surface area contributed by atoms with Gasteiger partial charge in [-0.15, -0.1) is 0 Å². The summed E-state index contributed by atoms with van der Waals surface area (Å²) in [4.78, 5) is 25.0. The Morgan fingerprint density at radius 3 is 2.33 bits per heavy atom. The summed E-state index contributed by atoms with van der Waals surface area (Å²) in [7, 11) is 0. The van der Waals surface area contributed by atoms with Crippen LogP contribution in [0.15, 0.2) is 35.5 Å². The summed E-state index contributed by atoms with van der Waals surface area (Å²) < 4.78 is 11.1. The number of hydrogen-bond donors (Lipinski definition) is 2. The minimum atomic E-state index is -0.551. The van der Waals surface area contributed by atoms with Gasteiger partial charge in [-0.1, -0.05) is 25.5 Å². The Bertz CT molecular complexity index is 693. The first-order chi connectivity index (χ1) is 12.8. The lowest BCUT2D eigenvalue weighted by Crippen LogP contribution is -2.46. The SMILES string of the molecule is CCCCC1=C(C(=O)OC(C)C)C(c2ccc(OC(C)C)cc2)NC(=O)N1. The number of ether oxygens (including phenoxy) is 2. The summed E-state index contributed by atoms with van der Waals surface area (Å²) in [6.45, 7) is 9.62. The van der Waals surface area contributed by atoms with Crippen molar-refractivity contribution in [2.45, 2.75) is 72.1 Å². The molecule has 1 aromatic carbocycles. The van der Waals surface area contributed by atoms with E-state index in [0.717, 1.165) is 24.2 Å². The molecule has 1 atom stereocenters. The van der Waals surface area contributed by atoms with Gasteiger partial charge in [0, 0.05) is 5.70 Å². The zero-order chi connectivity index (χ0) is 20.0. The van der Waals surface area contributed by atoms with Crippen molar-refractivity contribution in [1.29, 1.82) is 0 Å². The molecule has 0 radical (unpaired) electrons. The van der Waals surface area contributed by atoms with Crippen molar-refractivity contribution >= 4 is 12.0 Å². The molecule has 0 spiro atoms. The topological polar surface area (TPSA) is 76.7 Å². The van der Waals surface area contributed by atoms with Crippen molar-refractivity contribution in [2.75, 3.05) is 0 Å². The number of benzene rings is 1.